The van der Waals surface area contributed by atoms with E-state index in [1.165, 1.54) is 18.6 Å². The molecule has 0 spiro atoms. The molecule has 0 saturated carbocycles. The van der Waals surface area contributed by atoms with Gasteiger partial charge in [-0.3, -0.25) is 20.2 Å². The minimum atomic E-state index is -0.634. The van der Waals surface area contributed by atoms with Gasteiger partial charge in [-0.25, -0.2) is 0 Å². The first-order valence-corrected chi connectivity index (χ1v) is 9.64. The molecule has 7 nitrogen and oxygen atoms in total. The minimum absolute atomic E-state index is 0.0299. The summed E-state index contributed by atoms with van der Waals surface area (Å²) in [6.07, 6.45) is 3.52. The van der Waals surface area contributed by atoms with E-state index >= 15 is 0 Å². The number of nitro benzene ring substituents is 1. The highest BCUT2D eigenvalue weighted by molar-refractivity contribution is 7.80. The lowest BCUT2D eigenvalue weighted by Crippen LogP contribution is -2.35. The third kappa shape index (κ3) is 4.76. The molecule has 1 saturated heterocycles. The van der Waals surface area contributed by atoms with Crippen LogP contribution in [0.4, 0.5) is 17.1 Å². The summed E-state index contributed by atoms with van der Waals surface area (Å²) in [4.78, 5) is 25.1. The molecule has 0 radical (unpaired) electrons. The SMILES string of the molecule is O=C(NC(=S)Nc1ccccc1N1CCCCC1)c1ccc(Cl)c([N+](=O)[O-])c1. The number of thiocarbonyl (C=S) groups is 1. The van der Waals surface area contributed by atoms with Crippen molar-refractivity contribution in [1.29, 1.82) is 0 Å². The second-order valence-electron chi connectivity index (χ2n) is 6.40. The van der Waals surface area contributed by atoms with Crippen LogP contribution in [0.3, 0.4) is 0 Å². The predicted octanol–water partition coefficient (Wildman–Crippen LogP) is 4.37. The Kier molecular flexibility index (Phi) is 6.43. The molecule has 0 aromatic heterocycles. The van der Waals surface area contributed by atoms with Crippen molar-refractivity contribution in [3.63, 3.8) is 0 Å². The quantitative estimate of drug-likeness (QED) is 0.435. The normalized spacial score (nSPS) is 13.7. The number of nitro groups is 1. The molecule has 1 aliphatic heterocycles. The van der Waals surface area contributed by atoms with Crippen LogP contribution in [-0.2, 0) is 0 Å². The Morgan fingerprint density at radius 3 is 2.57 bits per heavy atom. The molecule has 1 amide bonds. The lowest BCUT2D eigenvalue weighted by Gasteiger charge is -2.30. The molecular weight excluding hydrogens is 400 g/mol. The second kappa shape index (κ2) is 8.99. The molecule has 3 rings (SSSR count). The Hall–Kier alpha value is -2.71. The highest BCUT2D eigenvalue weighted by atomic mass is 35.5. The number of piperidine rings is 1. The third-order valence-corrected chi connectivity index (χ3v) is 5.00. The van der Waals surface area contributed by atoms with Gasteiger partial charge >= 0.3 is 0 Å². The van der Waals surface area contributed by atoms with E-state index in [1.807, 2.05) is 24.3 Å². The Bertz CT molecular complexity index is 916. The van der Waals surface area contributed by atoms with Gasteiger partial charge in [0.15, 0.2) is 5.11 Å². The van der Waals surface area contributed by atoms with Gasteiger partial charge in [-0.05, 0) is 55.7 Å². The minimum Gasteiger partial charge on any atom is -0.370 e. The number of halogens is 1. The van der Waals surface area contributed by atoms with Crippen molar-refractivity contribution in [3.05, 3.63) is 63.2 Å². The molecule has 0 atom stereocenters. The molecule has 2 aromatic carbocycles. The van der Waals surface area contributed by atoms with Crippen LogP contribution in [0.5, 0.6) is 0 Å². The van der Waals surface area contributed by atoms with E-state index in [-0.39, 0.29) is 21.4 Å². The van der Waals surface area contributed by atoms with Crippen LogP contribution in [0.15, 0.2) is 42.5 Å². The van der Waals surface area contributed by atoms with Crippen molar-refractivity contribution < 1.29 is 9.72 Å². The molecule has 28 heavy (non-hydrogen) atoms. The first-order valence-electron chi connectivity index (χ1n) is 8.86. The van der Waals surface area contributed by atoms with Gasteiger partial charge in [0, 0.05) is 24.7 Å². The van der Waals surface area contributed by atoms with Gasteiger partial charge < -0.3 is 10.2 Å². The highest BCUT2D eigenvalue weighted by Crippen LogP contribution is 2.28. The number of carbonyl (C=O) groups excluding carboxylic acids is 1. The lowest BCUT2D eigenvalue weighted by atomic mass is 10.1. The smallest absolute Gasteiger partial charge is 0.288 e. The maximum Gasteiger partial charge on any atom is 0.288 e. The fraction of sp³-hybridized carbons (Fsp3) is 0.263. The number of hydrogen-bond donors (Lipinski definition) is 2. The van der Waals surface area contributed by atoms with Crippen LogP contribution in [0, 0.1) is 10.1 Å². The zero-order valence-corrected chi connectivity index (χ0v) is 16.6. The first kappa shape index (κ1) is 20.0. The number of hydrogen-bond acceptors (Lipinski definition) is 5. The number of anilines is 2. The van der Waals surface area contributed by atoms with E-state index in [9.17, 15) is 14.9 Å². The standard InChI is InChI=1S/C19H19ClN4O3S/c20-14-9-8-13(12-17(14)24(26)27)18(25)22-19(28)21-15-6-2-3-7-16(15)23-10-4-1-5-11-23/h2-3,6-9,12H,1,4-5,10-11H2,(H2,21,22,25,28). The summed E-state index contributed by atoms with van der Waals surface area (Å²) in [6.45, 7) is 1.96. The van der Waals surface area contributed by atoms with Gasteiger partial charge in [-0.15, -0.1) is 0 Å². The zero-order valence-electron chi connectivity index (χ0n) is 15.0. The van der Waals surface area contributed by atoms with Crippen molar-refractivity contribution >= 4 is 51.9 Å². The number of para-hydroxylation sites is 2. The second-order valence-corrected chi connectivity index (χ2v) is 7.21. The number of nitrogens with zero attached hydrogens (tertiary/aromatic N) is 2. The fourth-order valence-electron chi connectivity index (χ4n) is 3.11. The van der Waals surface area contributed by atoms with E-state index in [0.29, 0.717) is 0 Å². The van der Waals surface area contributed by atoms with Crippen LogP contribution in [0.2, 0.25) is 5.02 Å². The molecule has 1 heterocycles. The molecule has 146 valence electrons. The molecule has 2 N–H and O–H groups in total. The Morgan fingerprint density at radius 1 is 1.14 bits per heavy atom. The van der Waals surface area contributed by atoms with Crippen molar-refractivity contribution in [2.24, 2.45) is 0 Å². The zero-order chi connectivity index (χ0) is 20.1. The van der Waals surface area contributed by atoms with Crippen LogP contribution in [0.1, 0.15) is 29.6 Å². The molecule has 1 fully saturated rings. The van der Waals surface area contributed by atoms with Gasteiger partial charge in [0.05, 0.1) is 16.3 Å². The average Bonchev–Trinajstić information content (AvgIpc) is 2.69. The topological polar surface area (TPSA) is 87.5 Å². The molecular formula is C19H19ClN4O3S. The number of nitrogens with one attached hydrogen (secondary N) is 2. The largest absolute Gasteiger partial charge is 0.370 e. The maximum absolute atomic E-state index is 12.4. The molecule has 1 aliphatic rings. The van der Waals surface area contributed by atoms with E-state index in [0.717, 1.165) is 43.4 Å². The van der Waals surface area contributed by atoms with Crippen molar-refractivity contribution in [3.8, 4) is 0 Å². The average molecular weight is 419 g/mol. The van der Waals surface area contributed by atoms with Gasteiger partial charge in [0.1, 0.15) is 5.02 Å². The van der Waals surface area contributed by atoms with Gasteiger partial charge in [0.25, 0.3) is 11.6 Å². The van der Waals surface area contributed by atoms with Crippen LogP contribution in [0.25, 0.3) is 0 Å². The molecule has 0 bridgehead atoms. The summed E-state index contributed by atoms with van der Waals surface area (Å²) < 4.78 is 0. The summed E-state index contributed by atoms with van der Waals surface area (Å²) in [7, 11) is 0. The Morgan fingerprint density at radius 2 is 1.86 bits per heavy atom. The summed E-state index contributed by atoms with van der Waals surface area (Å²) in [5.41, 5.74) is 1.60. The third-order valence-electron chi connectivity index (χ3n) is 4.48. The number of benzene rings is 2. The summed E-state index contributed by atoms with van der Waals surface area (Å²) in [5.74, 6) is -0.548. The Labute approximate surface area is 172 Å². The first-order chi connectivity index (χ1) is 13.5. The van der Waals surface area contributed by atoms with E-state index in [2.05, 4.69) is 15.5 Å². The Balaban J connectivity index is 1.70. The van der Waals surface area contributed by atoms with Gasteiger partial charge in [-0.1, -0.05) is 23.7 Å². The van der Waals surface area contributed by atoms with Gasteiger partial charge in [-0.2, -0.15) is 0 Å². The number of carbonyl (C=O) groups is 1. The highest BCUT2D eigenvalue weighted by Gasteiger charge is 2.18. The van der Waals surface area contributed by atoms with Crippen LogP contribution >= 0.6 is 23.8 Å². The summed E-state index contributed by atoms with van der Waals surface area (Å²) in [5, 5.41) is 16.7. The predicted molar refractivity (Wildman–Crippen MR) is 114 cm³/mol. The summed E-state index contributed by atoms with van der Waals surface area (Å²) >= 11 is 11.0. The molecule has 0 aliphatic carbocycles. The maximum atomic E-state index is 12.4. The van der Waals surface area contributed by atoms with Crippen LogP contribution in [-0.4, -0.2) is 29.0 Å². The molecule has 2 aromatic rings. The summed E-state index contributed by atoms with van der Waals surface area (Å²) in [6, 6.07) is 11.6. The van der Waals surface area contributed by atoms with Crippen LogP contribution < -0.4 is 15.5 Å². The lowest BCUT2D eigenvalue weighted by molar-refractivity contribution is -0.384. The fourth-order valence-corrected chi connectivity index (χ4v) is 3.50. The number of rotatable bonds is 4. The van der Waals surface area contributed by atoms with Crippen molar-refractivity contribution in [2.45, 2.75) is 19.3 Å². The van der Waals surface area contributed by atoms with Crippen molar-refractivity contribution in [1.82, 2.24) is 5.32 Å². The van der Waals surface area contributed by atoms with Gasteiger partial charge in [0.2, 0.25) is 0 Å². The van der Waals surface area contributed by atoms with E-state index < -0.39 is 10.8 Å². The van der Waals surface area contributed by atoms with Crippen molar-refractivity contribution in [2.75, 3.05) is 23.3 Å². The molecule has 9 heteroatoms. The molecule has 0 unspecified atom stereocenters. The van der Waals surface area contributed by atoms with E-state index in [4.69, 9.17) is 23.8 Å². The number of amides is 1. The van der Waals surface area contributed by atoms with E-state index in [1.54, 1.807) is 0 Å². The monoisotopic (exact) mass is 418 g/mol.